The van der Waals surface area contributed by atoms with E-state index in [-0.39, 0.29) is 23.8 Å². The summed E-state index contributed by atoms with van der Waals surface area (Å²) in [6.45, 7) is 7.58. The van der Waals surface area contributed by atoms with Crippen LogP contribution in [0.5, 0.6) is 11.5 Å². The molecule has 2 N–H and O–H groups in total. The lowest BCUT2D eigenvalue weighted by Gasteiger charge is -2.26. The SMILES string of the molecule is CCOc1cc(/C=C2\C(=O)NC(=O)N(c3ccc(C)c(Cl)c3)C2=O)cc(I)c1OCC(=O)Nc1ccc(C)c(C)c1. The van der Waals surface area contributed by atoms with Crippen molar-refractivity contribution in [2.24, 2.45) is 0 Å². The van der Waals surface area contributed by atoms with Gasteiger partial charge in [0.1, 0.15) is 5.57 Å². The first-order valence-electron chi connectivity index (χ1n) is 12.6. The number of ether oxygens (including phenoxy) is 2. The highest BCUT2D eigenvalue weighted by Gasteiger charge is 2.37. The van der Waals surface area contributed by atoms with Crippen LogP contribution in [0.15, 0.2) is 54.1 Å². The summed E-state index contributed by atoms with van der Waals surface area (Å²) in [6, 6.07) is 12.8. The first-order valence-corrected chi connectivity index (χ1v) is 14.1. The van der Waals surface area contributed by atoms with E-state index >= 15 is 0 Å². The molecule has 0 atom stereocenters. The molecule has 9 nitrogen and oxygen atoms in total. The quantitative estimate of drug-likeness (QED) is 0.172. The Morgan fingerprint density at radius 3 is 2.41 bits per heavy atom. The Hall–Kier alpha value is -3.90. The summed E-state index contributed by atoms with van der Waals surface area (Å²) in [6.07, 6.45) is 1.37. The van der Waals surface area contributed by atoms with Gasteiger partial charge in [0.2, 0.25) is 0 Å². The van der Waals surface area contributed by atoms with E-state index in [1.807, 2.05) is 54.6 Å². The zero-order chi connectivity index (χ0) is 29.8. The number of urea groups is 1. The van der Waals surface area contributed by atoms with E-state index in [4.69, 9.17) is 21.1 Å². The number of carbonyl (C=O) groups is 4. The number of nitrogens with zero attached hydrogens (tertiary/aromatic N) is 1. The Kier molecular flexibility index (Phi) is 9.34. The number of imide groups is 2. The number of aryl methyl sites for hydroxylation is 3. The van der Waals surface area contributed by atoms with Gasteiger partial charge in [-0.25, -0.2) is 9.69 Å². The van der Waals surface area contributed by atoms with Gasteiger partial charge in [-0.1, -0.05) is 23.7 Å². The molecule has 212 valence electrons. The smallest absolute Gasteiger partial charge is 0.335 e. The second kappa shape index (κ2) is 12.7. The molecule has 41 heavy (non-hydrogen) atoms. The van der Waals surface area contributed by atoms with Crippen molar-refractivity contribution in [3.05, 3.63) is 85.0 Å². The molecule has 0 aromatic heterocycles. The second-order valence-electron chi connectivity index (χ2n) is 9.29. The van der Waals surface area contributed by atoms with E-state index in [9.17, 15) is 19.2 Å². The Morgan fingerprint density at radius 2 is 1.73 bits per heavy atom. The fraction of sp³-hybridized carbons (Fsp3) is 0.200. The van der Waals surface area contributed by atoms with Crippen LogP contribution >= 0.6 is 34.2 Å². The number of barbiturate groups is 1. The highest BCUT2D eigenvalue weighted by atomic mass is 127. The largest absolute Gasteiger partial charge is 0.490 e. The van der Waals surface area contributed by atoms with Crippen molar-refractivity contribution < 1.29 is 28.7 Å². The molecule has 0 bridgehead atoms. The van der Waals surface area contributed by atoms with Crippen LogP contribution < -0.4 is 25.0 Å². The molecule has 0 aliphatic carbocycles. The minimum Gasteiger partial charge on any atom is -0.490 e. The summed E-state index contributed by atoms with van der Waals surface area (Å²) in [5.74, 6) is -1.30. The molecule has 1 aliphatic heterocycles. The molecular formula is C30H27ClIN3O6. The molecule has 0 unspecified atom stereocenters. The topological polar surface area (TPSA) is 114 Å². The maximum Gasteiger partial charge on any atom is 0.335 e. The predicted molar refractivity (Wildman–Crippen MR) is 166 cm³/mol. The van der Waals surface area contributed by atoms with Gasteiger partial charge in [-0.15, -0.1) is 0 Å². The highest BCUT2D eigenvalue weighted by molar-refractivity contribution is 14.1. The van der Waals surface area contributed by atoms with Gasteiger partial charge in [-0.3, -0.25) is 19.7 Å². The zero-order valence-corrected chi connectivity index (χ0v) is 25.7. The zero-order valence-electron chi connectivity index (χ0n) is 22.8. The Morgan fingerprint density at radius 1 is 1.00 bits per heavy atom. The number of anilines is 2. The van der Waals surface area contributed by atoms with Crippen molar-refractivity contribution in [2.75, 3.05) is 23.4 Å². The van der Waals surface area contributed by atoms with Gasteiger partial charge in [0.05, 0.1) is 15.9 Å². The average Bonchev–Trinajstić information content (AvgIpc) is 2.90. The normalized spacial score (nSPS) is 14.2. The lowest BCUT2D eigenvalue weighted by Crippen LogP contribution is -2.54. The molecule has 3 aromatic carbocycles. The van der Waals surface area contributed by atoms with Crippen LogP contribution in [0.4, 0.5) is 16.2 Å². The number of amides is 5. The van der Waals surface area contributed by atoms with Gasteiger partial charge in [0.15, 0.2) is 18.1 Å². The summed E-state index contributed by atoms with van der Waals surface area (Å²) in [4.78, 5) is 52.0. The number of hydrogen-bond donors (Lipinski definition) is 2. The number of benzene rings is 3. The van der Waals surface area contributed by atoms with E-state index in [0.29, 0.717) is 37.9 Å². The average molecular weight is 688 g/mol. The van der Waals surface area contributed by atoms with E-state index in [2.05, 4.69) is 10.6 Å². The maximum atomic E-state index is 13.3. The number of rotatable bonds is 8. The van der Waals surface area contributed by atoms with Crippen LogP contribution in [0.25, 0.3) is 6.08 Å². The third-order valence-corrected chi connectivity index (χ3v) is 7.50. The minimum atomic E-state index is -0.871. The van der Waals surface area contributed by atoms with E-state index in [1.54, 1.807) is 38.1 Å². The van der Waals surface area contributed by atoms with Gasteiger partial charge in [-0.05, 0) is 115 Å². The van der Waals surface area contributed by atoms with E-state index in [1.165, 1.54) is 12.1 Å². The number of carbonyl (C=O) groups excluding carboxylic acids is 4. The molecule has 0 saturated carbocycles. The molecule has 1 saturated heterocycles. The van der Waals surface area contributed by atoms with Crippen molar-refractivity contribution >= 4 is 75.4 Å². The second-order valence-corrected chi connectivity index (χ2v) is 10.9. The van der Waals surface area contributed by atoms with E-state index < -0.39 is 17.8 Å². The van der Waals surface area contributed by atoms with Gasteiger partial charge in [0, 0.05) is 10.7 Å². The third-order valence-electron chi connectivity index (χ3n) is 6.30. The molecule has 0 radical (unpaired) electrons. The van der Waals surface area contributed by atoms with Crippen molar-refractivity contribution in [3.8, 4) is 11.5 Å². The summed E-state index contributed by atoms with van der Waals surface area (Å²) < 4.78 is 12.2. The van der Waals surface area contributed by atoms with Crippen LogP contribution in [-0.4, -0.2) is 37.0 Å². The highest BCUT2D eigenvalue weighted by Crippen LogP contribution is 2.35. The Bertz CT molecular complexity index is 1600. The third kappa shape index (κ3) is 6.88. The summed E-state index contributed by atoms with van der Waals surface area (Å²) in [5.41, 5.74) is 4.06. The van der Waals surface area contributed by atoms with Gasteiger partial charge in [-0.2, -0.15) is 0 Å². The predicted octanol–water partition coefficient (Wildman–Crippen LogP) is 5.95. The van der Waals surface area contributed by atoms with Crippen LogP contribution in [-0.2, 0) is 14.4 Å². The lowest BCUT2D eigenvalue weighted by molar-refractivity contribution is -0.122. The summed E-state index contributed by atoms with van der Waals surface area (Å²) >= 11 is 8.22. The fourth-order valence-corrected chi connectivity index (χ4v) is 4.96. The Labute approximate surface area is 256 Å². The summed E-state index contributed by atoms with van der Waals surface area (Å²) in [5, 5.41) is 5.39. The van der Waals surface area contributed by atoms with Crippen molar-refractivity contribution in [1.29, 1.82) is 0 Å². The van der Waals surface area contributed by atoms with Gasteiger partial charge >= 0.3 is 6.03 Å². The molecule has 1 heterocycles. The molecule has 1 aliphatic rings. The van der Waals surface area contributed by atoms with Gasteiger partial charge in [0.25, 0.3) is 17.7 Å². The van der Waals surface area contributed by atoms with Gasteiger partial charge < -0.3 is 14.8 Å². The molecule has 3 aromatic rings. The van der Waals surface area contributed by atoms with Crippen LogP contribution in [0, 0.1) is 24.3 Å². The molecule has 0 spiro atoms. The lowest BCUT2D eigenvalue weighted by atomic mass is 10.1. The van der Waals surface area contributed by atoms with Crippen molar-refractivity contribution in [1.82, 2.24) is 5.32 Å². The first kappa shape index (κ1) is 30.1. The maximum absolute atomic E-state index is 13.3. The van der Waals surface area contributed by atoms with E-state index in [0.717, 1.165) is 21.6 Å². The monoisotopic (exact) mass is 687 g/mol. The Balaban J connectivity index is 1.58. The fourth-order valence-electron chi connectivity index (χ4n) is 4.01. The standard InChI is InChI=1S/C30H27ClIN3O6/c1-5-40-25-13-19(12-24(32)27(25)41-15-26(36)33-20-8-6-16(2)18(4)10-20)11-22-28(37)34-30(39)35(29(22)38)21-9-7-17(3)23(31)14-21/h6-14H,5,15H2,1-4H3,(H,33,36)(H,34,37,39)/b22-11+. The first-order chi connectivity index (χ1) is 19.5. The number of nitrogens with one attached hydrogen (secondary N) is 2. The minimum absolute atomic E-state index is 0.230. The molecule has 5 amide bonds. The van der Waals surface area contributed by atoms with Crippen LogP contribution in [0.1, 0.15) is 29.2 Å². The number of hydrogen-bond acceptors (Lipinski definition) is 6. The van der Waals surface area contributed by atoms with Crippen molar-refractivity contribution in [3.63, 3.8) is 0 Å². The summed E-state index contributed by atoms with van der Waals surface area (Å²) in [7, 11) is 0. The molecule has 4 rings (SSSR count). The van der Waals surface area contributed by atoms with Crippen molar-refractivity contribution in [2.45, 2.75) is 27.7 Å². The molecular weight excluding hydrogens is 661 g/mol. The van der Waals surface area contributed by atoms with Crippen LogP contribution in [0.2, 0.25) is 5.02 Å². The molecule has 11 heteroatoms. The van der Waals surface area contributed by atoms with Crippen LogP contribution in [0.3, 0.4) is 0 Å². The number of halogens is 2. The molecule has 1 fully saturated rings.